The van der Waals surface area contributed by atoms with Gasteiger partial charge in [-0.3, -0.25) is 5.10 Å². The van der Waals surface area contributed by atoms with Gasteiger partial charge in [0.15, 0.2) is 0 Å². The van der Waals surface area contributed by atoms with Gasteiger partial charge >= 0.3 is 0 Å². The zero-order chi connectivity index (χ0) is 17.7. The molecular formula is C21H30BN3. The summed E-state index contributed by atoms with van der Waals surface area (Å²) in [5, 5.41) is 10.9. The monoisotopic (exact) mass is 335 g/mol. The van der Waals surface area contributed by atoms with Crippen LogP contribution in [0.4, 0.5) is 5.69 Å². The highest BCUT2D eigenvalue weighted by molar-refractivity contribution is 6.32. The Balaban J connectivity index is 0.000000160. The number of H-pyrrole nitrogens is 1. The van der Waals surface area contributed by atoms with Gasteiger partial charge < -0.3 is 5.32 Å². The lowest BCUT2D eigenvalue weighted by Gasteiger charge is -2.23. The van der Waals surface area contributed by atoms with Crippen molar-refractivity contribution in [3.8, 4) is 0 Å². The van der Waals surface area contributed by atoms with Crippen molar-refractivity contribution in [1.82, 2.24) is 10.2 Å². The van der Waals surface area contributed by atoms with Crippen LogP contribution >= 0.6 is 0 Å². The van der Waals surface area contributed by atoms with Crippen LogP contribution in [0.3, 0.4) is 0 Å². The predicted octanol–water partition coefficient (Wildman–Crippen LogP) is 4.11. The Morgan fingerprint density at radius 1 is 1.24 bits per heavy atom. The average molecular weight is 335 g/mol. The molecular weight excluding hydrogens is 305 g/mol. The van der Waals surface area contributed by atoms with E-state index >= 15 is 0 Å². The smallest absolute Gasteiger partial charge is 0.113 e. The summed E-state index contributed by atoms with van der Waals surface area (Å²) in [6.07, 6.45) is 9.40. The van der Waals surface area contributed by atoms with Crippen molar-refractivity contribution < 1.29 is 0 Å². The largest absolute Gasteiger partial charge is 0.385 e. The van der Waals surface area contributed by atoms with E-state index in [9.17, 15) is 0 Å². The van der Waals surface area contributed by atoms with E-state index in [0.717, 1.165) is 30.0 Å². The highest BCUT2D eigenvalue weighted by Crippen LogP contribution is 2.54. The normalized spacial score (nSPS) is 24.0. The van der Waals surface area contributed by atoms with Gasteiger partial charge in [-0.2, -0.15) is 5.10 Å². The molecule has 0 amide bonds. The maximum Gasteiger partial charge on any atom is 0.113 e. The van der Waals surface area contributed by atoms with Crippen LogP contribution in [0, 0.1) is 5.92 Å². The quantitative estimate of drug-likeness (QED) is 0.808. The standard InChI is InChI=1S/C13H20N2.C8H10BN/c1-2-3-11-8-12(15-14-11)13-6-4-10(9-13)5-7-13;1-2-10-8-5-3-4-7(9)6-8/h8,10H,2-7,9H2,1H3,(H,14,15);3-6,10H,2H2,1H3. The molecule has 0 unspecified atom stereocenters. The Morgan fingerprint density at radius 2 is 2.04 bits per heavy atom. The molecule has 0 saturated heterocycles. The van der Waals surface area contributed by atoms with E-state index in [2.05, 4.69) is 35.4 Å². The maximum atomic E-state index is 5.55. The number of nitrogens with one attached hydrogen (secondary N) is 2. The van der Waals surface area contributed by atoms with Crippen LogP contribution in [-0.4, -0.2) is 24.6 Å². The summed E-state index contributed by atoms with van der Waals surface area (Å²) in [6.45, 7) is 5.21. The third kappa shape index (κ3) is 4.28. The average Bonchev–Trinajstić information content (AvgIpc) is 3.32. The molecule has 2 aromatic rings. The van der Waals surface area contributed by atoms with Gasteiger partial charge in [-0.25, -0.2) is 0 Å². The second-order valence-electron chi connectivity index (χ2n) is 7.61. The topological polar surface area (TPSA) is 40.7 Å². The minimum absolute atomic E-state index is 0.479. The molecule has 4 heteroatoms. The Hall–Kier alpha value is -1.71. The summed E-state index contributed by atoms with van der Waals surface area (Å²) in [7, 11) is 5.55. The molecule has 3 nitrogen and oxygen atoms in total. The molecule has 2 aliphatic rings. The summed E-state index contributed by atoms with van der Waals surface area (Å²) in [6, 6.07) is 10.1. The van der Waals surface area contributed by atoms with Crippen LogP contribution in [0.15, 0.2) is 30.3 Å². The van der Waals surface area contributed by atoms with Gasteiger partial charge in [0.05, 0.1) is 5.69 Å². The van der Waals surface area contributed by atoms with E-state index in [4.69, 9.17) is 7.85 Å². The lowest BCUT2D eigenvalue weighted by Crippen LogP contribution is -2.19. The molecule has 1 aromatic heterocycles. The van der Waals surface area contributed by atoms with E-state index < -0.39 is 0 Å². The number of rotatable bonds is 5. The number of benzene rings is 1. The summed E-state index contributed by atoms with van der Waals surface area (Å²) >= 11 is 0. The van der Waals surface area contributed by atoms with Crippen molar-refractivity contribution in [2.45, 2.75) is 64.2 Å². The van der Waals surface area contributed by atoms with Crippen molar-refractivity contribution in [2.75, 3.05) is 11.9 Å². The molecule has 2 saturated carbocycles. The molecule has 2 fully saturated rings. The summed E-state index contributed by atoms with van der Waals surface area (Å²) < 4.78 is 0. The van der Waals surface area contributed by atoms with Crippen molar-refractivity contribution in [2.24, 2.45) is 5.92 Å². The molecule has 4 rings (SSSR count). The number of hydrogen-bond acceptors (Lipinski definition) is 2. The molecule has 25 heavy (non-hydrogen) atoms. The Bertz CT molecular complexity index is 671. The van der Waals surface area contributed by atoms with Crippen LogP contribution < -0.4 is 10.8 Å². The Morgan fingerprint density at radius 3 is 2.64 bits per heavy atom. The van der Waals surface area contributed by atoms with Crippen LogP contribution in [-0.2, 0) is 11.8 Å². The highest BCUT2D eigenvalue weighted by atomic mass is 15.1. The third-order valence-corrected chi connectivity index (χ3v) is 5.70. The molecule has 2 bridgehead atoms. The molecule has 1 heterocycles. The third-order valence-electron chi connectivity index (χ3n) is 5.70. The zero-order valence-corrected chi connectivity index (χ0v) is 15.6. The van der Waals surface area contributed by atoms with Gasteiger partial charge in [-0.1, -0.05) is 30.9 Å². The van der Waals surface area contributed by atoms with Crippen molar-refractivity contribution >= 4 is 19.0 Å². The first-order chi connectivity index (χ1) is 12.1. The predicted molar refractivity (Wildman–Crippen MR) is 107 cm³/mol. The molecule has 2 N–H and O–H groups in total. The molecule has 1 aromatic carbocycles. The summed E-state index contributed by atoms with van der Waals surface area (Å²) in [5.74, 6) is 1.01. The minimum Gasteiger partial charge on any atom is -0.385 e. The number of hydrogen-bond donors (Lipinski definition) is 2. The second-order valence-corrected chi connectivity index (χ2v) is 7.61. The SMILES string of the molecule is CCCc1cc(C23CCC(CC2)C3)n[nH]1.[B]c1cccc(NCC)c1. The van der Waals surface area contributed by atoms with Crippen molar-refractivity contribution in [3.05, 3.63) is 41.7 Å². The molecule has 0 atom stereocenters. The fourth-order valence-electron chi connectivity index (χ4n) is 4.44. The van der Waals surface area contributed by atoms with Gasteiger partial charge in [0.2, 0.25) is 0 Å². The maximum absolute atomic E-state index is 5.55. The van der Waals surface area contributed by atoms with E-state index in [0.29, 0.717) is 5.41 Å². The van der Waals surface area contributed by atoms with Gasteiger partial charge in [0, 0.05) is 23.3 Å². The Kier molecular flexibility index (Phi) is 5.87. The fourth-order valence-corrected chi connectivity index (χ4v) is 4.44. The highest BCUT2D eigenvalue weighted by Gasteiger charge is 2.47. The minimum atomic E-state index is 0.479. The molecule has 0 spiro atoms. The number of aryl methyl sites for hydroxylation is 1. The zero-order valence-electron chi connectivity index (χ0n) is 15.6. The van der Waals surface area contributed by atoms with Crippen LogP contribution in [0.2, 0.25) is 0 Å². The van der Waals surface area contributed by atoms with Crippen LogP contribution in [0.5, 0.6) is 0 Å². The van der Waals surface area contributed by atoms with Crippen molar-refractivity contribution in [3.63, 3.8) is 0 Å². The fraction of sp³-hybridized carbons (Fsp3) is 0.571. The number of aromatic amines is 1. The first kappa shape index (κ1) is 18.1. The lowest BCUT2D eigenvalue weighted by atomic mass is 9.81. The van der Waals surface area contributed by atoms with Crippen LogP contribution in [0.25, 0.3) is 0 Å². The summed E-state index contributed by atoms with van der Waals surface area (Å²) in [5.41, 5.74) is 5.07. The molecule has 2 radical (unpaired) electrons. The van der Waals surface area contributed by atoms with Gasteiger partial charge in [-0.15, -0.1) is 0 Å². The van der Waals surface area contributed by atoms with Gasteiger partial charge in [0.25, 0.3) is 0 Å². The first-order valence-corrected chi connectivity index (χ1v) is 9.79. The van der Waals surface area contributed by atoms with E-state index in [1.807, 2.05) is 24.3 Å². The summed E-state index contributed by atoms with van der Waals surface area (Å²) in [4.78, 5) is 0. The Labute approximate surface area is 153 Å². The molecule has 0 aliphatic heterocycles. The number of aromatic nitrogens is 2. The van der Waals surface area contributed by atoms with Gasteiger partial charge in [0.1, 0.15) is 7.85 Å². The van der Waals surface area contributed by atoms with Gasteiger partial charge in [-0.05, 0) is 69.6 Å². The van der Waals surface area contributed by atoms with Crippen LogP contribution in [0.1, 0.15) is 63.8 Å². The van der Waals surface area contributed by atoms with E-state index in [-0.39, 0.29) is 0 Å². The first-order valence-electron chi connectivity index (χ1n) is 9.79. The second kappa shape index (κ2) is 8.12. The number of anilines is 1. The number of nitrogens with zero attached hydrogens (tertiary/aromatic N) is 1. The number of fused-ring (bicyclic) bond motifs is 2. The van der Waals surface area contributed by atoms with E-state index in [1.54, 1.807) is 0 Å². The molecule has 2 aliphatic carbocycles. The lowest BCUT2D eigenvalue weighted by molar-refractivity contribution is 0.408. The van der Waals surface area contributed by atoms with E-state index in [1.165, 1.54) is 49.9 Å². The molecule has 132 valence electrons. The van der Waals surface area contributed by atoms with Crippen molar-refractivity contribution in [1.29, 1.82) is 0 Å².